The molecule has 2 aromatic heterocycles. The number of hydrogen-bond donors (Lipinski definition) is 2. The van der Waals surface area contributed by atoms with Gasteiger partial charge in [-0.1, -0.05) is 6.07 Å². The van der Waals surface area contributed by atoms with E-state index in [9.17, 15) is 5.11 Å². The lowest BCUT2D eigenvalue weighted by atomic mass is 9.94. The monoisotopic (exact) mass is 335 g/mol. The van der Waals surface area contributed by atoms with Crippen molar-refractivity contribution in [3.63, 3.8) is 0 Å². The van der Waals surface area contributed by atoms with Gasteiger partial charge in [-0.05, 0) is 43.8 Å². The molecule has 1 aliphatic rings. The molecule has 1 aliphatic heterocycles. The molecule has 2 atom stereocenters. The molecule has 0 unspecified atom stereocenters. The van der Waals surface area contributed by atoms with E-state index < -0.39 is 6.10 Å². The average Bonchev–Trinajstić information content (AvgIpc) is 3.19. The van der Waals surface area contributed by atoms with Crippen molar-refractivity contribution in [3.8, 4) is 0 Å². The summed E-state index contributed by atoms with van der Waals surface area (Å²) in [5.41, 5.74) is 2.26. The van der Waals surface area contributed by atoms with Crippen molar-refractivity contribution < 1.29 is 9.84 Å². The van der Waals surface area contributed by atoms with E-state index in [0.29, 0.717) is 25.7 Å². The first-order valence-electron chi connectivity index (χ1n) is 8.23. The number of aromatic amines is 1. The molecule has 0 bridgehead atoms. The minimum absolute atomic E-state index is 0.389. The summed E-state index contributed by atoms with van der Waals surface area (Å²) in [5.74, 6) is 0.466. The Balaban J connectivity index is 1.41. The van der Waals surface area contributed by atoms with Gasteiger partial charge in [0, 0.05) is 29.6 Å². The molecule has 0 amide bonds. The van der Waals surface area contributed by atoms with Gasteiger partial charge in [0.2, 0.25) is 0 Å². The summed E-state index contributed by atoms with van der Waals surface area (Å²) in [4.78, 5) is 3.53. The summed E-state index contributed by atoms with van der Waals surface area (Å²) >= 11 is 1.68. The first-order valence-corrected chi connectivity index (χ1v) is 9.11. The van der Waals surface area contributed by atoms with Gasteiger partial charge in [0.15, 0.2) is 0 Å². The molecule has 3 heterocycles. The highest BCUT2D eigenvalue weighted by Crippen LogP contribution is 2.25. The normalized spacial score (nSPS) is 20.7. The van der Waals surface area contributed by atoms with Crippen LogP contribution in [-0.2, 0) is 11.3 Å². The molecule has 0 radical (unpaired) electrons. The zero-order valence-corrected chi connectivity index (χ0v) is 14.4. The van der Waals surface area contributed by atoms with Crippen LogP contribution in [0.25, 0.3) is 0 Å². The van der Waals surface area contributed by atoms with Crippen molar-refractivity contribution in [2.45, 2.75) is 38.4 Å². The molecule has 23 heavy (non-hydrogen) atoms. The van der Waals surface area contributed by atoms with Crippen LogP contribution in [0.5, 0.6) is 0 Å². The van der Waals surface area contributed by atoms with E-state index in [4.69, 9.17) is 4.74 Å². The van der Waals surface area contributed by atoms with Crippen LogP contribution < -0.4 is 0 Å². The van der Waals surface area contributed by atoms with Gasteiger partial charge in [0.05, 0.1) is 25.0 Å². The SMILES string of the molecule is Cc1cc([C@H]2CCCN(C[C@H](O)COCc3cccs3)C2)n[nH]1. The van der Waals surface area contributed by atoms with Gasteiger partial charge in [0.25, 0.3) is 0 Å². The van der Waals surface area contributed by atoms with Gasteiger partial charge >= 0.3 is 0 Å². The number of aliphatic hydroxyl groups is 1. The number of nitrogens with one attached hydrogen (secondary N) is 1. The summed E-state index contributed by atoms with van der Waals surface area (Å²) in [6, 6.07) is 6.21. The summed E-state index contributed by atoms with van der Waals surface area (Å²) in [7, 11) is 0. The standard InChI is InChI=1S/C17H25N3O2S/c1-13-8-17(19-18-13)14-4-2-6-20(9-14)10-15(21)11-22-12-16-5-3-7-23-16/h3,5,7-8,14-15,21H,2,4,6,9-12H2,1H3,(H,18,19)/t14-,15-/m0/s1. The number of H-pyrrole nitrogens is 1. The lowest BCUT2D eigenvalue weighted by Crippen LogP contribution is -2.40. The molecule has 6 heteroatoms. The van der Waals surface area contributed by atoms with Crippen molar-refractivity contribution in [2.75, 3.05) is 26.2 Å². The van der Waals surface area contributed by atoms with E-state index in [1.807, 2.05) is 18.4 Å². The van der Waals surface area contributed by atoms with Gasteiger partial charge in [0.1, 0.15) is 0 Å². The van der Waals surface area contributed by atoms with Crippen molar-refractivity contribution in [1.29, 1.82) is 0 Å². The molecule has 0 saturated carbocycles. The number of aryl methyl sites for hydroxylation is 1. The molecule has 0 aliphatic carbocycles. The molecular weight excluding hydrogens is 310 g/mol. The third-order valence-corrected chi connectivity index (χ3v) is 5.10. The summed E-state index contributed by atoms with van der Waals surface area (Å²) < 4.78 is 5.61. The molecule has 0 spiro atoms. The van der Waals surface area contributed by atoms with E-state index in [0.717, 1.165) is 30.9 Å². The van der Waals surface area contributed by atoms with Crippen LogP contribution in [-0.4, -0.2) is 52.5 Å². The molecule has 126 valence electrons. The highest BCUT2D eigenvalue weighted by molar-refractivity contribution is 7.09. The van der Waals surface area contributed by atoms with E-state index >= 15 is 0 Å². The number of hydrogen-bond acceptors (Lipinski definition) is 5. The van der Waals surface area contributed by atoms with Gasteiger partial charge < -0.3 is 14.7 Å². The predicted molar refractivity (Wildman–Crippen MR) is 91.7 cm³/mol. The summed E-state index contributed by atoms with van der Waals surface area (Å²) in [5, 5.41) is 19.7. The molecule has 0 aromatic carbocycles. The van der Waals surface area contributed by atoms with E-state index in [-0.39, 0.29) is 0 Å². The first kappa shape index (κ1) is 16.6. The fourth-order valence-electron chi connectivity index (χ4n) is 3.15. The molecule has 2 aromatic rings. The maximum Gasteiger partial charge on any atom is 0.0900 e. The average molecular weight is 335 g/mol. The van der Waals surface area contributed by atoms with E-state index in [1.54, 1.807) is 11.3 Å². The number of thiophene rings is 1. The van der Waals surface area contributed by atoms with Gasteiger partial charge in [-0.15, -0.1) is 11.3 Å². The fourth-order valence-corrected chi connectivity index (χ4v) is 3.79. The Morgan fingerprint density at radius 2 is 2.48 bits per heavy atom. The van der Waals surface area contributed by atoms with Crippen LogP contribution in [0.3, 0.4) is 0 Å². The Bertz CT molecular complexity index is 584. The van der Waals surface area contributed by atoms with Gasteiger partial charge in [-0.3, -0.25) is 5.10 Å². The van der Waals surface area contributed by atoms with E-state index in [1.165, 1.54) is 11.3 Å². The quantitative estimate of drug-likeness (QED) is 0.816. The Hall–Kier alpha value is -1.21. The second kappa shape index (κ2) is 8.06. The van der Waals surface area contributed by atoms with Crippen molar-refractivity contribution >= 4 is 11.3 Å². The second-order valence-corrected chi connectivity index (χ2v) is 7.36. The molecule has 2 N–H and O–H groups in total. The molecular formula is C17H25N3O2S. The summed E-state index contributed by atoms with van der Waals surface area (Å²) in [6.45, 7) is 5.69. The van der Waals surface area contributed by atoms with Crippen molar-refractivity contribution in [3.05, 3.63) is 39.8 Å². The van der Waals surface area contributed by atoms with Crippen LogP contribution in [0.4, 0.5) is 0 Å². The van der Waals surface area contributed by atoms with Crippen LogP contribution in [0.1, 0.15) is 35.0 Å². The highest BCUT2D eigenvalue weighted by atomic mass is 32.1. The lowest BCUT2D eigenvalue weighted by Gasteiger charge is -2.33. The molecule has 3 rings (SSSR count). The molecule has 5 nitrogen and oxygen atoms in total. The van der Waals surface area contributed by atoms with Gasteiger partial charge in [-0.2, -0.15) is 5.10 Å². The predicted octanol–water partition coefficient (Wildman–Crippen LogP) is 2.54. The number of likely N-dealkylation sites (tertiary alicyclic amines) is 1. The van der Waals surface area contributed by atoms with E-state index in [2.05, 4.69) is 27.2 Å². The number of piperidine rings is 1. The first-order chi connectivity index (χ1) is 11.2. The second-order valence-electron chi connectivity index (χ2n) is 6.32. The smallest absolute Gasteiger partial charge is 0.0900 e. The third kappa shape index (κ3) is 4.88. The number of β-amino-alcohol motifs (C(OH)–C–C–N with tert-alkyl or cyclic N) is 1. The highest BCUT2D eigenvalue weighted by Gasteiger charge is 2.24. The number of ether oxygens (including phenoxy) is 1. The van der Waals surface area contributed by atoms with Crippen molar-refractivity contribution in [1.82, 2.24) is 15.1 Å². The zero-order valence-electron chi connectivity index (χ0n) is 13.6. The molecule has 1 fully saturated rings. The number of rotatable bonds is 7. The Morgan fingerprint density at radius 1 is 1.57 bits per heavy atom. The number of nitrogens with zero attached hydrogens (tertiary/aromatic N) is 2. The Labute approximate surface area is 141 Å². The van der Waals surface area contributed by atoms with Crippen LogP contribution in [0.15, 0.2) is 23.6 Å². The Morgan fingerprint density at radius 3 is 3.22 bits per heavy atom. The third-order valence-electron chi connectivity index (χ3n) is 4.25. The largest absolute Gasteiger partial charge is 0.389 e. The minimum atomic E-state index is -0.436. The number of aromatic nitrogens is 2. The fraction of sp³-hybridized carbons (Fsp3) is 0.588. The maximum atomic E-state index is 10.2. The zero-order chi connectivity index (χ0) is 16.1. The Kier molecular flexibility index (Phi) is 5.83. The number of aliphatic hydroxyl groups excluding tert-OH is 1. The maximum absolute atomic E-state index is 10.2. The van der Waals surface area contributed by atoms with Crippen molar-refractivity contribution in [2.24, 2.45) is 0 Å². The lowest BCUT2D eigenvalue weighted by molar-refractivity contribution is 0.00634. The van der Waals surface area contributed by atoms with Crippen LogP contribution in [0, 0.1) is 6.92 Å². The van der Waals surface area contributed by atoms with Crippen LogP contribution in [0.2, 0.25) is 0 Å². The van der Waals surface area contributed by atoms with Gasteiger partial charge in [-0.25, -0.2) is 0 Å². The summed E-state index contributed by atoms with van der Waals surface area (Å²) in [6.07, 6.45) is 1.89. The topological polar surface area (TPSA) is 61.4 Å². The molecule has 1 saturated heterocycles. The minimum Gasteiger partial charge on any atom is -0.389 e. The van der Waals surface area contributed by atoms with Crippen LogP contribution >= 0.6 is 11.3 Å².